The molecule has 182 valence electrons. The quantitative estimate of drug-likeness (QED) is 0.451. The lowest BCUT2D eigenvalue weighted by Gasteiger charge is -2.26. The molecule has 1 amide bonds. The number of nitrogens with one attached hydrogen (secondary N) is 1. The summed E-state index contributed by atoms with van der Waals surface area (Å²) in [5.41, 5.74) is 0.936. The van der Waals surface area contributed by atoms with Gasteiger partial charge >= 0.3 is 6.09 Å². The predicted octanol–water partition coefficient (Wildman–Crippen LogP) is 4.01. The Morgan fingerprint density at radius 2 is 1.67 bits per heavy atom. The summed E-state index contributed by atoms with van der Waals surface area (Å²) in [7, 11) is -2.22. The second-order valence-electron chi connectivity index (χ2n) is 8.15. The van der Waals surface area contributed by atoms with Crippen molar-refractivity contribution < 1.29 is 27.8 Å². The van der Waals surface area contributed by atoms with E-state index in [0.717, 1.165) is 11.3 Å². The lowest BCUT2D eigenvalue weighted by Crippen LogP contribution is -2.41. The minimum absolute atomic E-state index is 0.106. The smallest absolute Gasteiger partial charge is 0.404 e. The molecule has 2 aromatic carbocycles. The van der Waals surface area contributed by atoms with Crippen LogP contribution in [-0.2, 0) is 16.4 Å². The highest BCUT2D eigenvalue weighted by Crippen LogP contribution is 2.22. The van der Waals surface area contributed by atoms with Gasteiger partial charge < -0.3 is 19.9 Å². The molecule has 1 atom stereocenters. The van der Waals surface area contributed by atoms with Crippen LogP contribution in [0.25, 0.3) is 0 Å². The Labute approximate surface area is 196 Å². The van der Waals surface area contributed by atoms with Crippen molar-refractivity contribution in [3.8, 4) is 11.5 Å². The maximum atomic E-state index is 13.3. The summed E-state index contributed by atoms with van der Waals surface area (Å²) in [6.45, 7) is 6.89. The van der Waals surface area contributed by atoms with Crippen molar-refractivity contribution in [2.24, 2.45) is 5.92 Å². The first-order valence-electron chi connectivity index (χ1n) is 11.0. The van der Waals surface area contributed by atoms with E-state index in [1.54, 1.807) is 12.1 Å². The summed E-state index contributed by atoms with van der Waals surface area (Å²) in [6.07, 6.45) is -0.363. The maximum Gasteiger partial charge on any atom is 0.404 e. The Hall–Kier alpha value is -2.78. The summed E-state index contributed by atoms with van der Waals surface area (Å²) < 4.78 is 38.6. The molecule has 2 N–H and O–H groups in total. The molecule has 0 spiro atoms. The number of benzene rings is 2. The maximum absolute atomic E-state index is 13.3. The third-order valence-corrected chi connectivity index (χ3v) is 6.92. The van der Waals surface area contributed by atoms with Gasteiger partial charge in [0, 0.05) is 19.1 Å². The number of hydrogen-bond acceptors (Lipinski definition) is 5. The fourth-order valence-electron chi connectivity index (χ4n) is 3.49. The van der Waals surface area contributed by atoms with Crippen molar-refractivity contribution in [1.82, 2.24) is 9.62 Å². The number of carboxylic acid groups (broad SMARTS) is 1. The van der Waals surface area contributed by atoms with Gasteiger partial charge in [-0.25, -0.2) is 13.2 Å². The van der Waals surface area contributed by atoms with E-state index in [4.69, 9.17) is 9.47 Å². The second-order valence-corrected chi connectivity index (χ2v) is 10.1. The largest absolute Gasteiger partial charge is 0.497 e. The van der Waals surface area contributed by atoms with Gasteiger partial charge in [0.05, 0.1) is 18.6 Å². The van der Waals surface area contributed by atoms with Gasteiger partial charge in [0.15, 0.2) is 0 Å². The molecule has 2 rings (SSSR count). The highest BCUT2D eigenvalue weighted by molar-refractivity contribution is 7.89. The predicted molar refractivity (Wildman–Crippen MR) is 127 cm³/mol. The van der Waals surface area contributed by atoms with Crippen molar-refractivity contribution in [2.45, 2.75) is 44.6 Å². The summed E-state index contributed by atoms with van der Waals surface area (Å²) in [5.74, 6) is 1.43. The number of methoxy groups -OCH3 is 1. The van der Waals surface area contributed by atoms with Gasteiger partial charge in [0.25, 0.3) is 0 Å². The van der Waals surface area contributed by atoms with Crippen LogP contribution in [-0.4, -0.2) is 56.8 Å². The molecule has 0 aromatic heterocycles. The van der Waals surface area contributed by atoms with E-state index in [0.29, 0.717) is 31.7 Å². The van der Waals surface area contributed by atoms with Gasteiger partial charge in [-0.2, -0.15) is 4.31 Å². The zero-order chi connectivity index (χ0) is 24.4. The summed E-state index contributed by atoms with van der Waals surface area (Å²) in [4.78, 5) is 11.5. The van der Waals surface area contributed by atoms with Crippen LogP contribution >= 0.6 is 0 Å². The van der Waals surface area contributed by atoms with Crippen LogP contribution in [0.4, 0.5) is 4.79 Å². The molecule has 0 bridgehead atoms. The number of sulfonamides is 1. The zero-order valence-corrected chi connectivity index (χ0v) is 20.5. The lowest BCUT2D eigenvalue weighted by atomic mass is 10.0. The Morgan fingerprint density at radius 1 is 1.06 bits per heavy atom. The fraction of sp³-hybridized carbons (Fsp3) is 0.458. The Balaban J connectivity index is 2.17. The molecule has 8 nitrogen and oxygen atoms in total. The van der Waals surface area contributed by atoms with Crippen LogP contribution in [0.2, 0.25) is 0 Å². The molecular weight excluding hydrogens is 444 g/mol. The third-order valence-electron chi connectivity index (χ3n) is 5.04. The van der Waals surface area contributed by atoms with E-state index < -0.39 is 22.2 Å². The molecule has 0 radical (unpaired) electrons. The third kappa shape index (κ3) is 8.25. The van der Waals surface area contributed by atoms with Gasteiger partial charge in [0.2, 0.25) is 10.0 Å². The molecular formula is C24H34N2O6S. The van der Waals surface area contributed by atoms with Crippen LogP contribution in [0.3, 0.4) is 0 Å². The van der Waals surface area contributed by atoms with Crippen molar-refractivity contribution in [3.63, 3.8) is 0 Å². The van der Waals surface area contributed by atoms with Crippen LogP contribution in [0.15, 0.2) is 53.4 Å². The van der Waals surface area contributed by atoms with E-state index in [1.807, 2.05) is 45.0 Å². The number of ether oxygens (including phenoxy) is 2. The zero-order valence-electron chi connectivity index (χ0n) is 19.7. The van der Waals surface area contributed by atoms with Crippen molar-refractivity contribution in [1.29, 1.82) is 0 Å². The number of rotatable bonds is 13. The van der Waals surface area contributed by atoms with Gasteiger partial charge in [-0.15, -0.1) is 0 Å². The molecule has 0 fully saturated rings. The summed E-state index contributed by atoms with van der Waals surface area (Å²) >= 11 is 0. The molecule has 0 aliphatic rings. The van der Waals surface area contributed by atoms with Crippen LogP contribution in [0.5, 0.6) is 11.5 Å². The molecule has 0 unspecified atom stereocenters. The number of hydrogen-bond donors (Lipinski definition) is 2. The van der Waals surface area contributed by atoms with Crippen LogP contribution in [0.1, 0.15) is 32.8 Å². The fourth-order valence-corrected chi connectivity index (χ4v) is 5.10. The van der Waals surface area contributed by atoms with Gasteiger partial charge in [-0.1, -0.05) is 26.0 Å². The van der Waals surface area contributed by atoms with E-state index in [-0.39, 0.29) is 17.4 Å². The number of amides is 1. The summed E-state index contributed by atoms with van der Waals surface area (Å²) in [5, 5.41) is 11.8. The molecule has 33 heavy (non-hydrogen) atoms. The monoisotopic (exact) mass is 478 g/mol. The highest BCUT2D eigenvalue weighted by Gasteiger charge is 2.26. The van der Waals surface area contributed by atoms with E-state index in [9.17, 15) is 18.3 Å². The standard InChI is InChI=1S/C24H34N2O6S/c1-5-32-22-8-6-19(7-9-22)16-20(25-24(27)28)14-15-26(17-18(2)3)33(29,30)23-12-10-21(31-4)11-13-23/h6-13,18,20,25H,5,14-17H2,1-4H3,(H,27,28)/t20-/m1/s1. The first kappa shape index (κ1) is 26.5. The normalized spacial score (nSPS) is 12.5. The Bertz CT molecular complexity index is 975. The van der Waals surface area contributed by atoms with Gasteiger partial charge in [-0.05, 0) is 67.6 Å². The van der Waals surface area contributed by atoms with E-state index in [2.05, 4.69) is 5.32 Å². The molecule has 0 saturated heterocycles. The van der Waals surface area contributed by atoms with Crippen LogP contribution < -0.4 is 14.8 Å². The number of nitrogens with zero attached hydrogens (tertiary/aromatic N) is 1. The SMILES string of the molecule is CCOc1ccc(C[C@@H](CCN(CC(C)C)S(=O)(=O)c2ccc(OC)cc2)NC(=O)O)cc1. The molecule has 0 aliphatic carbocycles. The topological polar surface area (TPSA) is 105 Å². The highest BCUT2D eigenvalue weighted by atomic mass is 32.2. The average molecular weight is 479 g/mol. The Kier molecular flexibility index (Phi) is 9.99. The van der Waals surface area contributed by atoms with Crippen molar-refractivity contribution in [2.75, 3.05) is 26.8 Å². The average Bonchev–Trinajstić information content (AvgIpc) is 2.77. The molecule has 0 heterocycles. The number of carbonyl (C=O) groups is 1. The molecule has 0 saturated carbocycles. The Morgan fingerprint density at radius 3 is 2.18 bits per heavy atom. The molecule has 2 aromatic rings. The van der Waals surface area contributed by atoms with Crippen molar-refractivity contribution >= 4 is 16.1 Å². The minimum atomic E-state index is -3.74. The van der Waals surface area contributed by atoms with Gasteiger partial charge in [-0.3, -0.25) is 0 Å². The molecule has 9 heteroatoms. The van der Waals surface area contributed by atoms with E-state index >= 15 is 0 Å². The van der Waals surface area contributed by atoms with Crippen molar-refractivity contribution in [3.05, 3.63) is 54.1 Å². The first-order chi connectivity index (χ1) is 15.6. The second kappa shape index (κ2) is 12.5. The molecule has 0 aliphatic heterocycles. The lowest BCUT2D eigenvalue weighted by molar-refractivity contribution is 0.188. The summed E-state index contributed by atoms with van der Waals surface area (Å²) in [6, 6.07) is 13.3. The van der Waals surface area contributed by atoms with Crippen LogP contribution in [0, 0.1) is 5.92 Å². The first-order valence-corrected chi connectivity index (χ1v) is 12.4. The minimum Gasteiger partial charge on any atom is -0.497 e. The van der Waals surface area contributed by atoms with Gasteiger partial charge in [0.1, 0.15) is 11.5 Å². The van der Waals surface area contributed by atoms with E-state index in [1.165, 1.54) is 23.5 Å².